The van der Waals surface area contributed by atoms with Gasteiger partial charge in [0, 0.05) is 25.7 Å². The molecule has 0 unspecified atom stereocenters. The number of nitrogens with one attached hydrogen (secondary N) is 1. The van der Waals surface area contributed by atoms with E-state index in [2.05, 4.69) is 48.3 Å². The fourth-order valence-electron chi connectivity index (χ4n) is 3.36. The van der Waals surface area contributed by atoms with Crippen molar-refractivity contribution in [1.29, 1.82) is 0 Å². The highest BCUT2D eigenvalue weighted by Gasteiger charge is 2.23. The quantitative estimate of drug-likeness (QED) is 0.813. The van der Waals surface area contributed by atoms with E-state index in [0.29, 0.717) is 0 Å². The van der Waals surface area contributed by atoms with Crippen molar-refractivity contribution in [1.82, 2.24) is 10.2 Å². The number of hydrogen-bond donors (Lipinski definition) is 1. The summed E-state index contributed by atoms with van der Waals surface area (Å²) in [5, 5.41) is 3.24. The summed E-state index contributed by atoms with van der Waals surface area (Å²) in [4.78, 5) is 2.72. The fourth-order valence-corrected chi connectivity index (χ4v) is 3.36. The van der Waals surface area contributed by atoms with Crippen LogP contribution >= 0.6 is 0 Å². The van der Waals surface area contributed by atoms with Crippen LogP contribution in [-0.4, -0.2) is 24.5 Å². The standard InChI is InChI=1S/C18H30N2/c1-15(2)13-20(18-9-4-5-10-18)14-17-8-6-7-16(11-17)12-19-3/h6-8,11,15,18-19H,4-5,9-10,12-14H2,1-3H3. The zero-order valence-corrected chi connectivity index (χ0v) is 13.4. The van der Waals surface area contributed by atoms with Gasteiger partial charge in [-0.2, -0.15) is 0 Å². The molecule has 2 nitrogen and oxygen atoms in total. The normalized spacial score (nSPS) is 16.4. The van der Waals surface area contributed by atoms with Gasteiger partial charge in [0.05, 0.1) is 0 Å². The highest BCUT2D eigenvalue weighted by Crippen LogP contribution is 2.26. The lowest BCUT2D eigenvalue weighted by atomic mass is 10.1. The van der Waals surface area contributed by atoms with E-state index >= 15 is 0 Å². The van der Waals surface area contributed by atoms with Gasteiger partial charge >= 0.3 is 0 Å². The average molecular weight is 274 g/mol. The lowest BCUT2D eigenvalue weighted by Gasteiger charge is -2.30. The van der Waals surface area contributed by atoms with Crippen molar-refractivity contribution in [2.45, 2.75) is 58.7 Å². The Labute approximate surface area is 124 Å². The number of rotatable bonds is 7. The number of nitrogens with zero attached hydrogens (tertiary/aromatic N) is 1. The Morgan fingerprint density at radius 1 is 1.20 bits per heavy atom. The lowest BCUT2D eigenvalue weighted by Crippen LogP contribution is -2.35. The maximum atomic E-state index is 3.24. The van der Waals surface area contributed by atoms with Crippen molar-refractivity contribution < 1.29 is 0 Å². The molecule has 0 bridgehead atoms. The maximum Gasteiger partial charge on any atom is 0.0236 e. The molecular formula is C18H30N2. The molecule has 0 radical (unpaired) electrons. The molecule has 1 N–H and O–H groups in total. The Bertz CT molecular complexity index is 394. The third-order valence-electron chi connectivity index (χ3n) is 4.20. The number of hydrogen-bond acceptors (Lipinski definition) is 2. The van der Waals surface area contributed by atoms with E-state index in [4.69, 9.17) is 0 Å². The van der Waals surface area contributed by atoms with Crippen LogP contribution in [0.3, 0.4) is 0 Å². The zero-order chi connectivity index (χ0) is 14.4. The topological polar surface area (TPSA) is 15.3 Å². The second-order valence-corrected chi connectivity index (χ2v) is 6.61. The maximum absolute atomic E-state index is 3.24. The van der Waals surface area contributed by atoms with E-state index < -0.39 is 0 Å². The molecule has 0 heterocycles. The average Bonchev–Trinajstić information content (AvgIpc) is 2.92. The van der Waals surface area contributed by atoms with Crippen LogP contribution < -0.4 is 5.32 Å². The van der Waals surface area contributed by atoms with Crippen molar-refractivity contribution in [3.8, 4) is 0 Å². The highest BCUT2D eigenvalue weighted by atomic mass is 15.2. The summed E-state index contributed by atoms with van der Waals surface area (Å²) in [6.07, 6.45) is 5.62. The molecule has 112 valence electrons. The van der Waals surface area contributed by atoms with Gasteiger partial charge in [-0.1, -0.05) is 51.0 Å². The van der Waals surface area contributed by atoms with Crippen LogP contribution in [0.5, 0.6) is 0 Å². The zero-order valence-electron chi connectivity index (χ0n) is 13.4. The molecule has 2 rings (SSSR count). The first-order valence-corrected chi connectivity index (χ1v) is 8.15. The first kappa shape index (κ1) is 15.5. The number of benzene rings is 1. The summed E-state index contributed by atoms with van der Waals surface area (Å²) in [7, 11) is 2.01. The molecule has 0 aliphatic heterocycles. The van der Waals surface area contributed by atoms with Gasteiger partial charge in [-0.3, -0.25) is 4.90 Å². The molecule has 0 amide bonds. The van der Waals surface area contributed by atoms with Crippen molar-refractivity contribution in [3.63, 3.8) is 0 Å². The molecule has 1 aromatic carbocycles. The van der Waals surface area contributed by atoms with Crippen LogP contribution in [0.1, 0.15) is 50.7 Å². The predicted molar refractivity (Wildman–Crippen MR) is 86.7 cm³/mol. The third-order valence-corrected chi connectivity index (χ3v) is 4.20. The molecule has 1 aliphatic carbocycles. The molecule has 1 aliphatic rings. The van der Waals surface area contributed by atoms with Gasteiger partial charge in [-0.05, 0) is 36.9 Å². The van der Waals surface area contributed by atoms with E-state index in [1.165, 1.54) is 43.4 Å². The van der Waals surface area contributed by atoms with Crippen molar-refractivity contribution in [2.24, 2.45) is 5.92 Å². The molecule has 0 aromatic heterocycles. The van der Waals surface area contributed by atoms with Gasteiger partial charge in [0.1, 0.15) is 0 Å². The van der Waals surface area contributed by atoms with Crippen LogP contribution in [0.2, 0.25) is 0 Å². The third kappa shape index (κ3) is 4.60. The minimum absolute atomic E-state index is 0.746. The van der Waals surface area contributed by atoms with Crippen LogP contribution in [0.25, 0.3) is 0 Å². The summed E-state index contributed by atoms with van der Waals surface area (Å²) in [6, 6.07) is 9.86. The smallest absolute Gasteiger partial charge is 0.0236 e. The van der Waals surface area contributed by atoms with Gasteiger partial charge in [0.2, 0.25) is 0 Å². The van der Waals surface area contributed by atoms with Crippen molar-refractivity contribution in [3.05, 3.63) is 35.4 Å². The largest absolute Gasteiger partial charge is 0.316 e. The highest BCUT2D eigenvalue weighted by molar-refractivity contribution is 5.23. The summed E-state index contributed by atoms with van der Waals surface area (Å²) in [5.74, 6) is 0.746. The Hall–Kier alpha value is -0.860. The molecular weight excluding hydrogens is 244 g/mol. The van der Waals surface area contributed by atoms with Crippen LogP contribution in [0.4, 0.5) is 0 Å². The first-order valence-electron chi connectivity index (χ1n) is 8.15. The van der Waals surface area contributed by atoms with E-state index in [1.54, 1.807) is 0 Å². The van der Waals surface area contributed by atoms with Gasteiger partial charge in [-0.15, -0.1) is 0 Å². The minimum atomic E-state index is 0.746. The van der Waals surface area contributed by atoms with Gasteiger partial charge in [-0.25, -0.2) is 0 Å². The van der Waals surface area contributed by atoms with Gasteiger partial charge < -0.3 is 5.32 Å². The summed E-state index contributed by atoms with van der Waals surface area (Å²) in [5.41, 5.74) is 2.85. The van der Waals surface area contributed by atoms with Gasteiger partial charge in [0.15, 0.2) is 0 Å². The molecule has 2 heteroatoms. The van der Waals surface area contributed by atoms with Crippen molar-refractivity contribution >= 4 is 0 Å². The Kier molecular flexibility index (Phi) is 6.06. The van der Waals surface area contributed by atoms with Gasteiger partial charge in [0.25, 0.3) is 0 Å². The predicted octanol–water partition coefficient (Wildman–Crippen LogP) is 3.81. The van der Waals surface area contributed by atoms with E-state index in [9.17, 15) is 0 Å². The van der Waals surface area contributed by atoms with Crippen LogP contribution in [0.15, 0.2) is 24.3 Å². The van der Waals surface area contributed by atoms with Crippen LogP contribution in [-0.2, 0) is 13.1 Å². The van der Waals surface area contributed by atoms with Crippen molar-refractivity contribution in [2.75, 3.05) is 13.6 Å². The summed E-state index contributed by atoms with van der Waals surface area (Å²) < 4.78 is 0. The molecule has 0 saturated heterocycles. The van der Waals surface area contributed by atoms with E-state index in [1.807, 2.05) is 7.05 Å². The fraction of sp³-hybridized carbons (Fsp3) is 0.667. The first-order chi connectivity index (χ1) is 9.69. The minimum Gasteiger partial charge on any atom is -0.316 e. The molecule has 0 spiro atoms. The molecule has 1 aromatic rings. The molecule has 1 saturated carbocycles. The molecule has 1 fully saturated rings. The Morgan fingerprint density at radius 2 is 1.90 bits per heavy atom. The Morgan fingerprint density at radius 3 is 2.55 bits per heavy atom. The summed E-state index contributed by atoms with van der Waals surface area (Å²) >= 11 is 0. The molecule has 20 heavy (non-hydrogen) atoms. The summed E-state index contributed by atoms with van der Waals surface area (Å²) in [6.45, 7) is 7.96. The lowest BCUT2D eigenvalue weighted by molar-refractivity contribution is 0.168. The Balaban J connectivity index is 2.03. The van der Waals surface area contributed by atoms with E-state index in [0.717, 1.165) is 25.0 Å². The molecule has 0 atom stereocenters. The SMILES string of the molecule is CNCc1cccc(CN(CC(C)C)C2CCCC2)c1. The second-order valence-electron chi connectivity index (χ2n) is 6.61. The van der Waals surface area contributed by atoms with Crippen LogP contribution in [0, 0.1) is 5.92 Å². The second kappa shape index (κ2) is 7.80. The monoisotopic (exact) mass is 274 g/mol. The van der Waals surface area contributed by atoms with E-state index in [-0.39, 0.29) is 0 Å².